The molecule has 0 aliphatic rings. The van der Waals surface area contributed by atoms with Gasteiger partial charge in [-0.05, 0) is 36.6 Å². The number of hydrogen-bond acceptors (Lipinski definition) is 2. The molecule has 0 unspecified atom stereocenters. The largest absolute Gasteiger partial charge is 0.344 e. The molecule has 3 aromatic rings. The van der Waals surface area contributed by atoms with Crippen molar-refractivity contribution in [2.45, 2.75) is 25.8 Å². The van der Waals surface area contributed by atoms with Crippen LogP contribution in [0.5, 0.6) is 0 Å². The monoisotopic (exact) mass is 372 g/mol. The number of para-hydroxylation sites is 1. The van der Waals surface area contributed by atoms with Gasteiger partial charge in [0.2, 0.25) is 11.8 Å². The maximum absolute atomic E-state index is 13.1. The minimum absolute atomic E-state index is 0.204. The highest BCUT2D eigenvalue weighted by atomic mass is 16.2. The second kappa shape index (κ2) is 9.00. The Morgan fingerprint density at radius 3 is 1.75 bits per heavy atom. The first kappa shape index (κ1) is 19.4. The van der Waals surface area contributed by atoms with Gasteiger partial charge >= 0.3 is 0 Å². The quantitative estimate of drug-likeness (QED) is 0.679. The van der Waals surface area contributed by atoms with Crippen LogP contribution in [-0.2, 0) is 9.59 Å². The second-order valence-electron chi connectivity index (χ2n) is 6.79. The zero-order valence-electron chi connectivity index (χ0n) is 16.1. The van der Waals surface area contributed by atoms with E-state index in [0.29, 0.717) is 0 Å². The second-order valence-corrected chi connectivity index (χ2v) is 6.79. The summed E-state index contributed by atoms with van der Waals surface area (Å²) in [7, 11) is 0. The molecular weight excluding hydrogens is 348 g/mol. The van der Waals surface area contributed by atoms with Crippen molar-refractivity contribution in [2.75, 3.05) is 5.32 Å². The van der Waals surface area contributed by atoms with Crippen LogP contribution in [0.4, 0.5) is 5.69 Å². The van der Waals surface area contributed by atoms with E-state index in [0.717, 1.165) is 22.4 Å². The molecule has 0 aliphatic carbocycles. The summed E-state index contributed by atoms with van der Waals surface area (Å²) in [5, 5.41) is 5.75. The smallest absolute Gasteiger partial charge is 0.246 e. The van der Waals surface area contributed by atoms with Crippen LogP contribution in [0.15, 0.2) is 84.9 Å². The Morgan fingerprint density at radius 2 is 1.21 bits per heavy atom. The Morgan fingerprint density at radius 1 is 0.714 bits per heavy atom. The lowest BCUT2D eigenvalue weighted by Gasteiger charge is -2.21. The van der Waals surface area contributed by atoms with Crippen LogP contribution in [0, 0.1) is 6.92 Å². The van der Waals surface area contributed by atoms with Crippen LogP contribution >= 0.6 is 0 Å². The molecule has 0 radical (unpaired) electrons. The van der Waals surface area contributed by atoms with Crippen LogP contribution in [0.3, 0.4) is 0 Å². The summed E-state index contributed by atoms with van der Waals surface area (Å²) in [4.78, 5) is 25.7. The summed E-state index contributed by atoms with van der Waals surface area (Å²) in [6, 6.07) is 26.1. The van der Waals surface area contributed by atoms with Gasteiger partial charge in [-0.3, -0.25) is 9.59 Å². The summed E-state index contributed by atoms with van der Waals surface area (Å²) in [6.07, 6.45) is 0. The molecule has 0 saturated carbocycles. The molecule has 142 valence electrons. The van der Waals surface area contributed by atoms with Crippen molar-refractivity contribution in [3.8, 4) is 0 Å². The molecule has 0 aliphatic heterocycles. The highest BCUT2D eigenvalue weighted by Crippen LogP contribution is 2.25. The fraction of sp³-hybridized carbons (Fsp3) is 0.167. The van der Waals surface area contributed by atoms with Crippen molar-refractivity contribution in [3.05, 3.63) is 102 Å². The first-order valence-electron chi connectivity index (χ1n) is 9.33. The van der Waals surface area contributed by atoms with Gasteiger partial charge in [0.25, 0.3) is 0 Å². The fourth-order valence-electron chi connectivity index (χ4n) is 3.10. The van der Waals surface area contributed by atoms with E-state index in [4.69, 9.17) is 0 Å². The summed E-state index contributed by atoms with van der Waals surface area (Å²) >= 11 is 0. The Bertz CT molecular complexity index is 900. The van der Waals surface area contributed by atoms with Gasteiger partial charge in [0.15, 0.2) is 0 Å². The number of carbonyl (C=O) groups excluding carboxylic acids is 2. The van der Waals surface area contributed by atoms with Gasteiger partial charge in [-0.1, -0.05) is 78.9 Å². The fourth-order valence-corrected chi connectivity index (χ4v) is 3.10. The Labute approximate surface area is 165 Å². The third kappa shape index (κ3) is 4.65. The van der Waals surface area contributed by atoms with Crippen LogP contribution in [-0.4, -0.2) is 17.9 Å². The zero-order valence-corrected chi connectivity index (χ0v) is 16.1. The van der Waals surface area contributed by atoms with E-state index in [1.54, 1.807) is 6.92 Å². The van der Waals surface area contributed by atoms with E-state index in [9.17, 15) is 9.59 Å². The maximum atomic E-state index is 13.1. The minimum Gasteiger partial charge on any atom is -0.344 e. The Hall–Kier alpha value is -3.40. The van der Waals surface area contributed by atoms with Crippen molar-refractivity contribution in [3.63, 3.8) is 0 Å². The molecule has 3 aromatic carbocycles. The molecule has 0 aromatic heterocycles. The van der Waals surface area contributed by atoms with Crippen LogP contribution in [0.1, 0.15) is 29.5 Å². The Balaban J connectivity index is 1.76. The van der Waals surface area contributed by atoms with Gasteiger partial charge in [-0.25, -0.2) is 0 Å². The molecular formula is C24H24N2O2. The summed E-state index contributed by atoms with van der Waals surface area (Å²) in [6.45, 7) is 3.62. The maximum Gasteiger partial charge on any atom is 0.246 e. The number of amides is 2. The molecule has 0 heterocycles. The predicted molar refractivity (Wildman–Crippen MR) is 112 cm³/mol. The molecule has 2 amide bonds. The first-order chi connectivity index (χ1) is 13.6. The summed E-state index contributed by atoms with van der Waals surface area (Å²) in [5.74, 6) is -0.927. The minimum atomic E-state index is -0.665. The molecule has 2 N–H and O–H groups in total. The topological polar surface area (TPSA) is 58.2 Å². The lowest BCUT2D eigenvalue weighted by Crippen LogP contribution is -2.43. The van der Waals surface area contributed by atoms with Crippen molar-refractivity contribution < 1.29 is 9.59 Å². The molecule has 4 heteroatoms. The highest BCUT2D eigenvalue weighted by molar-refractivity contribution is 5.98. The van der Waals surface area contributed by atoms with E-state index in [-0.39, 0.29) is 11.8 Å². The van der Waals surface area contributed by atoms with Gasteiger partial charge in [0.05, 0.1) is 5.92 Å². The highest BCUT2D eigenvalue weighted by Gasteiger charge is 2.25. The van der Waals surface area contributed by atoms with Crippen molar-refractivity contribution in [2.24, 2.45) is 0 Å². The lowest BCUT2D eigenvalue weighted by molar-refractivity contribution is -0.126. The van der Waals surface area contributed by atoms with Gasteiger partial charge in [-0.15, -0.1) is 0 Å². The SMILES string of the molecule is Cc1ccccc1NC(=O)[C@H](C)NC(=O)C(c1ccccc1)c1ccccc1. The summed E-state index contributed by atoms with van der Waals surface area (Å²) < 4.78 is 0. The van der Waals surface area contributed by atoms with Crippen molar-refractivity contribution in [1.82, 2.24) is 5.32 Å². The average Bonchev–Trinajstić information content (AvgIpc) is 2.71. The lowest BCUT2D eigenvalue weighted by atomic mass is 9.90. The number of anilines is 1. The van der Waals surface area contributed by atoms with E-state index in [1.807, 2.05) is 91.9 Å². The molecule has 4 nitrogen and oxygen atoms in total. The zero-order chi connectivity index (χ0) is 19.9. The van der Waals surface area contributed by atoms with E-state index >= 15 is 0 Å². The normalized spacial score (nSPS) is 11.7. The number of rotatable bonds is 6. The predicted octanol–water partition coefficient (Wildman–Crippen LogP) is 4.27. The van der Waals surface area contributed by atoms with Crippen LogP contribution in [0.2, 0.25) is 0 Å². The average molecular weight is 372 g/mol. The van der Waals surface area contributed by atoms with Crippen molar-refractivity contribution in [1.29, 1.82) is 0 Å². The molecule has 0 bridgehead atoms. The van der Waals surface area contributed by atoms with Crippen LogP contribution < -0.4 is 10.6 Å². The van der Waals surface area contributed by atoms with E-state index in [1.165, 1.54) is 0 Å². The van der Waals surface area contributed by atoms with E-state index in [2.05, 4.69) is 10.6 Å². The molecule has 1 atom stereocenters. The molecule has 0 spiro atoms. The number of aryl methyl sites for hydroxylation is 1. The first-order valence-corrected chi connectivity index (χ1v) is 9.33. The van der Waals surface area contributed by atoms with Gasteiger partial charge < -0.3 is 10.6 Å². The number of nitrogens with one attached hydrogen (secondary N) is 2. The van der Waals surface area contributed by atoms with Crippen molar-refractivity contribution >= 4 is 17.5 Å². The molecule has 28 heavy (non-hydrogen) atoms. The molecule has 0 fully saturated rings. The summed E-state index contributed by atoms with van der Waals surface area (Å²) in [5.41, 5.74) is 3.49. The molecule has 3 rings (SSSR count). The molecule has 0 saturated heterocycles. The number of carbonyl (C=O) groups is 2. The Kier molecular flexibility index (Phi) is 6.22. The standard InChI is InChI=1S/C24H24N2O2/c1-17-11-9-10-16-21(17)26-23(27)18(2)25-24(28)22(19-12-5-3-6-13-19)20-14-7-4-8-15-20/h3-16,18,22H,1-2H3,(H,25,28)(H,26,27)/t18-/m0/s1. The van der Waals surface area contributed by atoms with Crippen LogP contribution in [0.25, 0.3) is 0 Å². The van der Waals surface area contributed by atoms with E-state index < -0.39 is 12.0 Å². The number of hydrogen-bond donors (Lipinski definition) is 2. The third-order valence-electron chi connectivity index (χ3n) is 4.68. The van der Waals surface area contributed by atoms with Gasteiger partial charge in [0, 0.05) is 5.69 Å². The third-order valence-corrected chi connectivity index (χ3v) is 4.68. The van der Waals surface area contributed by atoms with Gasteiger partial charge in [0.1, 0.15) is 6.04 Å². The number of benzene rings is 3. The van der Waals surface area contributed by atoms with Gasteiger partial charge in [-0.2, -0.15) is 0 Å².